The van der Waals surface area contributed by atoms with Gasteiger partial charge >= 0.3 is 0 Å². The molecule has 88 valence electrons. The predicted octanol–water partition coefficient (Wildman–Crippen LogP) is 1.51. The summed E-state index contributed by atoms with van der Waals surface area (Å²) in [6.07, 6.45) is 7.32. The van der Waals surface area contributed by atoms with Crippen molar-refractivity contribution in [3.8, 4) is 11.6 Å². The molecule has 0 fully saturated rings. The number of aromatic nitrogens is 5. The molecule has 0 aromatic carbocycles. The van der Waals surface area contributed by atoms with Gasteiger partial charge in [-0.25, -0.2) is 9.97 Å². The monoisotopic (exact) mass is 239 g/mol. The Kier molecular flexibility index (Phi) is 2.75. The molecular weight excluding hydrogens is 230 g/mol. The highest BCUT2D eigenvalue weighted by atomic mass is 16.5. The molecule has 3 aromatic heterocycles. The van der Waals surface area contributed by atoms with Gasteiger partial charge in [0.15, 0.2) is 0 Å². The van der Waals surface area contributed by atoms with Gasteiger partial charge in [-0.3, -0.25) is 4.98 Å². The second-order valence-electron chi connectivity index (χ2n) is 3.62. The van der Waals surface area contributed by atoms with E-state index in [2.05, 4.69) is 25.1 Å². The topological polar surface area (TPSA) is 77.6 Å². The zero-order valence-corrected chi connectivity index (χ0v) is 9.39. The lowest BCUT2D eigenvalue weighted by molar-refractivity contribution is 0.385. The van der Waals surface area contributed by atoms with E-state index in [0.717, 1.165) is 5.56 Å². The highest BCUT2D eigenvalue weighted by molar-refractivity contribution is 5.40. The molecule has 3 aromatic rings. The van der Waals surface area contributed by atoms with Crippen LogP contribution >= 0.6 is 0 Å². The van der Waals surface area contributed by atoms with Gasteiger partial charge in [-0.1, -0.05) is 11.2 Å². The molecule has 0 aliphatic rings. The summed E-state index contributed by atoms with van der Waals surface area (Å²) in [7, 11) is 0. The van der Waals surface area contributed by atoms with Crippen LogP contribution in [0.5, 0.6) is 0 Å². The lowest BCUT2D eigenvalue weighted by Crippen LogP contribution is -1.91. The van der Waals surface area contributed by atoms with Crippen LogP contribution in [-0.4, -0.2) is 25.1 Å². The van der Waals surface area contributed by atoms with Crippen molar-refractivity contribution >= 4 is 0 Å². The van der Waals surface area contributed by atoms with Crippen LogP contribution in [0.4, 0.5) is 0 Å². The van der Waals surface area contributed by atoms with Crippen molar-refractivity contribution in [1.82, 2.24) is 25.1 Å². The third-order valence-corrected chi connectivity index (χ3v) is 2.31. The molecule has 0 saturated heterocycles. The number of hydrogen-bond donors (Lipinski definition) is 0. The third-order valence-electron chi connectivity index (χ3n) is 2.31. The third kappa shape index (κ3) is 2.22. The SMILES string of the molecule is c1cnc(-c2noc(Cc3cccnc3)n2)nc1. The van der Waals surface area contributed by atoms with E-state index in [9.17, 15) is 0 Å². The Morgan fingerprint density at radius 1 is 1.00 bits per heavy atom. The molecule has 18 heavy (non-hydrogen) atoms. The minimum absolute atomic E-state index is 0.398. The first-order valence-electron chi connectivity index (χ1n) is 5.41. The van der Waals surface area contributed by atoms with Crippen molar-refractivity contribution < 1.29 is 4.52 Å². The summed E-state index contributed by atoms with van der Waals surface area (Å²) >= 11 is 0. The molecule has 0 N–H and O–H groups in total. The Balaban J connectivity index is 1.82. The van der Waals surface area contributed by atoms with E-state index in [-0.39, 0.29) is 0 Å². The molecule has 0 bridgehead atoms. The normalized spacial score (nSPS) is 10.4. The zero-order chi connectivity index (χ0) is 12.2. The van der Waals surface area contributed by atoms with Crippen molar-refractivity contribution in [2.24, 2.45) is 0 Å². The fourth-order valence-corrected chi connectivity index (χ4v) is 1.51. The summed E-state index contributed by atoms with van der Waals surface area (Å²) < 4.78 is 5.15. The van der Waals surface area contributed by atoms with Crippen LogP contribution in [0.25, 0.3) is 11.6 Å². The van der Waals surface area contributed by atoms with Gasteiger partial charge in [-0.2, -0.15) is 4.98 Å². The van der Waals surface area contributed by atoms with E-state index in [0.29, 0.717) is 24.0 Å². The highest BCUT2D eigenvalue weighted by Gasteiger charge is 2.10. The molecule has 3 heterocycles. The van der Waals surface area contributed by atoms with Gasteiger partial charge in [0.05, 0.1) is 6.42 Å². The summed E-state index contributed by atoms with van der Waals surface area (Å²) in [5.74, 6) is 1.37. The minimum atomic E-state index is 0.398. The number of pyridine rings is 1. The van der Waals surface area contributed by atoms with Crippen LogP contribution in [0.2, 0.25) is 0 Å². The second kappa shape index (κ2) is 4.70. The maximum Gasteiger partial charge on any atom is 0.240 e. The molecule has 0 saturated carbocycles. The van der Waals surface area contributed by atoms with Crippen LogP contribution in [0, 0.1) is 0 Å². The van der Waals surface area contributed by atoms with Gasteiger partial charge < -0.3 is 4.52 Å². The molecule has 0 unspecified atom stereocenters. The molecule has 6 heteroatoms. The molecule has 6 nitrogen and oxygen atoms in total. The van der Waals surface area contributed by atoms with Gasteiger partial charge in [-0.15, -0.1) is 0 Å². The number of rotatable bonds is 3. The average molecular weight is 239 g/mol. The van der Waals surface area contributed by atoms with Gasteiger partial charge in [0.1, 0.15) is 0 Å². The van der Waals surface area contributed by atoms with E-state index < -0.39 is 0 Å². The summed E-state index contributed by atoms with van der Waals surface area (Å²) in [4.78, 5) is 16.4. The molecule has 0 radical (unpaired) electrons. The van der Waals surface area contributed by atoms with E-state index in [1.165, 1.54) is 0 Å². The van der Waals surface area contributed by atoms with Crippen molar-refractivity contribution in [2.45, 2.75) is 6.42 Å². The van der Waals surface area contributed by atoms with Crippen LogP contribution in [0.1, 0.15) is 11.5 Å². The van der Waals surface area contributed by atoms with Crippen molar-refractivity contribution in [2.75, 3.05) is 0 Å². The largest absolute Gasteiger partial charge is 0.338 e. The Morgan fingerprint density at radius 3 is 2.67 bits per heavy atom. The molecule has 3 rings (SSSR count). The standard InChI is InChI=1S/C12H9N5O/c1-3-9(8-13-4-1)7-10-16-12(17-18-10)11-14-5-2-6-15-11/h1-6,8H,7H2. The smallest absolute Gasteiger partial charge is 0.240 e. The van der Waals surface area contributed by atoms with E-state index in [1.807, 2.05) is 12.1 Å². The van der Waals surface area contributed by atoms with Crippen LogP contribution < -0.4 is 0 Å². The van der Waals surface area contributed by atoms with Gasteiger partial charge in [-0.05, 0) is 17.7 Å². The van der Waals surface area contributed by atoms with Crippen LogP contribution in [-0.2, 0) is 6.42 Å². The lowest BCUT2D eigenvalue weighted by atomic mass is 10.2. The predicted molar refractivity (Wildman–Crippen MR) is 62.4 cm³/mol. The summed E-state index contributed by atoms with van der Waals surface area (Å²) in [6, 6.07) is 5.56. The van der Waals surface area contributed by atoms with Crippen molar-refractivity contribution in [3.05, 3.63) is 54.4 Å². The second-order valence-corrected chi connectivity index (χ2v) is 3.62. The van der Waals surface area contributed by atoms with Gasteiger partial charge in [0, 0.05) is 24.8 Å². The van der Waals surface area contributed by atoms with E-state index in [4.69, 9.17) is 4.52 Å². The fourth-order valence-electron chi connectivity index (χ4n) is 1.51. The Morgan fingerprint density at radius 2 is 1.89 bits per heavy atom. The Labute approximate surface area is 103 Å². The molecule has 0 aliphatic heterocycles. The fraction of sp³-hybridized carbons (Fsp3) is 0.0833. The first-order chi connectivity index (χ1) is 8.92. The van der Waals surface area contributed by atoms with E-state index >= 15 is 0 Å². The summed E-state index contributed by atoms with van der Waals surface area (Å²) in [6.45, 7) is 0. The zero-order valence-electron chi connectivity index (χ0n) is 9.39. The van der Waals surface area contributed by atoms with Crippen molar-refractivity contribution in [1.29, 1.82) is 0 Å². The quantitative estimate of drug-likeness (QED) is 0.689. The molecule has 0 atom stereocenters. The lowest BCUT2D eigenvalue weighted by Gasteiger charge is -1.93. The van der Waals surface area contributed by atoms with Crippen LogP contribution in [0.3, 0.4) is 0 Å². The van der Waals surface area contributed by atoms with E-state index in [1.54, 1.807) is 30.9 Å². The Bertz CT molecular complexity index is 623. The first-order valence-corrected chi connectivity index (χ1v) is 5.41. The van der Waals surface area contributed by atoms with Gasteiger partial charge in [0.25, 0.3) is 0 Å². The average Bonchev–Trinajstić information content (AvgIpc) is 2.89. The molecule has 0 spiro atoms. The number of nitrogens with zero attached hydrogens (tertiary/aromatic N) is 5. The maximum absolute atomic E-state index is 5.15. The Hall–Kier alpha value is -2.63. The molecule has 0 aliphatic carbocycles. The summed E-state index contributed by atoms with van der Waals surface area (Å²) in [5, 5.41) is 3.85. The highest BCUT2D eigenvalue weighted by Crippen LogP contribution is 2.11. The van der Waals surface area contributed by atoms with Gasteiger partial charge in [0.2, 0.25) is 17.5 Å². The minimum Gasteiger partial charge on any atom is -0.338 e. The first kappa shape index (κ1) is 10.5. The molecular formula is C12H9N5O. The maximum atomic E-state index is 5.15. The number of hydrogen-bond acceptors (Lipinski definition) is 6. The molecule has 0 amide bonds. The van der Waals surface area contributed by atoms with Crippen molar-refractivity contribution in [3.63, 3.8) is 0 Å². The summed E-state index contributed by atoms with van der Waals surface area (Å²) in [5.41, 5.74) is 1.02. The van der Waals surface area contributed by atoms with Crippen LogP contribution in [0.15, 0.2) is 47.5 Å².